The van der Waals surface area contributed by atoms with E-state index in [2.05, 4.69) is 45.9 Å². The van der Waals surface area contributed by atoms with Crippen molar-refractivity contribution in [3.8, 4) is 10.8 Å². The van der Waals surface area contributed by atoms with Crippen molar-refractivity contribution in [3.05, 3.63) is 29.0 Å². The number of thiazole rings is 1. The standard InChI is InChI=1S/C20H29N5OS/c1-5-15-8-6-11-25(12-15)20(3,4)13-23-18(26)16-14(2)24-19(27-16)17-21-9-7-10-22-17/h7,9-10,15H,5-6,8,11-13H2,1-4H3,(H,23,26). The quantitative estimate of drug-likeness (QED) is 0.821. The topological polar surface area (TPSA) is 71.0 Å². The first-order valence-corrected chi connectivity index (χ1v) is 10.5. The third kappa shape index (κ3) is 4.71. The molecule has 3 heterocycles. The number of hydrogen-bond donors (Lipinski definition) is 1. The predicted molar refractivity (Wildman–Crippen MR) is 109 cm³/mol. The Labute approximate surface area is 165 Å². The van der Waals surface area contributed by atoms with E-state index in [1.165, 1.54) is 30.6 Å². The van der Waals surface area contributed by atoms with Crippen LogP contribution in [0.1, 0.15) is 55.4 Å². The molecule has 1 N–H and O–H groups in total. The van der Waals surface area contributed by atoms with Crippen molar-refractivity contribution in [3.63, 3.8) is 0 Å². The summed E-state index contributed by atoms with van der Waals surface area (Å²) in [6, 6.07) is 1.77. The molecular weight excluding hydrogens is 358 g/mol. The number of carbonyl (C=O) groups is 1. The third-order valence-corrected chi connectivity index (χ3v) is 6.55. The van der Waals surface area contributed by atoms with Gasteiger partial charge < -0.3 is 5.32 Å². The van der Waals surface area contributed by atoms with Gasteiger partial charge in [0.2, 0.25) is 0 Å². The Bertz CT molecular complexity index is 774. The normalized spacial score (nSPS) is 18.4. The number of hydrogen-bond acceptors (Lipinski definition) is 6. The van der Waals surface area contributed by atoms with Gasteiger partial charge in [0.25, 0.3) is 5.91 Å². The van der Waals surface area contributed by atoms with Gasteiger partial charge >= 0.3 is 0 Å². The van der Waals surface area contributed by atoms with Crippen LogP contribution in [0, 0.1) is 12.8 Å². The van der Waals surface area contributed by atoms with E-state index in [1.807, 2.05) is 6.92 Å². The Balaban J connectivity index is 1.64. The van der Waals surface area contributed by atoms with E-state index in [1.54, 1.807) is 18.5 Å². The number of nitrogens with zero attached hydrogens (tertiary/aromatic N) is 4. The van der Waals surface area contributed by atoms with E-state index < -0.39 is 0 Å². The summed E-state index contributed by atoms with van der Waals surface area (Å²) in [6.07, 6.45) is 7.15. The van der Waals surface area contributed by atoms with Crippen molar-refractivity contribution < 1.29 is 4.79 Å². The molecule has 0 aromatic carbocycles. The minimum absolute atomic E-state index is 0.0620. The van der Waals surface area contributed by atoms with Gasteiger partial charge in [0.05, 0.1) is 5.69 Å². The van der Waals surface area contributed by atoms with Gasteiger partial charge in [0.1, 0.15) is 4.88 Å². The average molecular weight is 388 g/mol. The molecule has 1 atom stereocenters. The number of nitrogens with one attached hydrogen (secondary N) is 1. The maximum atomic E-state index is 12.8. The molecule has 27 heavy (non-hydrogen) atoms. The summed E-state index contributed by atoms with van der Waals surface area (Å²) in [6.45, 7) is 11.4. The molecule has 1 unspecified atom stereocenters. The first kappa shape index (κ1) is 19.9. The largest absolute Gasteiger partial charge is 0.349 e. The molecule has 1 saturated heterocycles. The molecule has 1 aliphatic rings. The van der Waals surface area contributed by atoms with Crippen LogP contribution in [0.2, 0.25) is 0 Å². The van der Waals surface area contributed by atoms with Crippen molar-refractivity contribution in [1.82, 2.24) is 25.2 Å². The molecule has 6 nitrogen and oxygen atoms in total. The fourth-order valence-electron chi connectivity index (χ4n) is 3.55. The summed E-state index contributed by atoms with van der Waals surface area (Å²) in [7, 11) is 0. The van der Waals surface area contributed by atoms with Crippen molar-refractivity contribution in [2.24, 2.45) is 5.92 Å². The Morgan fingerprint density at radius 2 is 2.11 bits per heavy atom. The highest BCUT2D eigenvalue weighted by molar-refractivity contribution is 7.17. The van der Waals surface area contributed by atoms with Crippen LogP contribution < -0.4 is 5.32 Å². The highest BCUT2D eigenvalue weighted by Crippen LogP contribution is 2.27. The van der Waals surface area contributed by atoms with Crippen LogP contribution in [0.15, 0.2) is 18.5 Å². The van der Waals surface area contributed by atoms with E-state index >= 15 is 0 Å². The minimum Gasteiger partial charge on any atom is -0.349 e. The van der Waals surface area contributed by atoms with Gasteiger partial charge in [-0.3, -0.25) is 9.69 Å². The molecule has 1 fully saturated rings. The SMILES string of the molecule is CCC1CCCN(C(C)(C)CNC(=O)c2sc(-c3ncccn3)nc2C)C1. The number of piperidine rings is 1. The lowest BCUT2D eigenvalue weighted by atomic mass is 9.91. The molecule has 3 rings (SSSR count). The lowest BCUT2D eigenvalue weighted by Crippen LogP contribution is -2.54. The molecule has 7 heteroatoms. The summed E-state index contributed by atoms with van der Waals surface area (Å²) in [5.74, 6) is 1.26. The molecule has 146 valence electrons. The Kier molecular flexibility index (Phi) is 6.22. The van der Waals surface area contributed by atoms with Crippen LogP contribution in [0.3, 0.4) is 0 Å². The second kappa shape index (κ2) is 8.44. The fourth-order valence-corrected chi connectivity index (χ4v) is 4.48. The first-order chi connectivity index (χ1) is 12.9. The van der Waals surface area contributed by atoms with Crippen LogP contribution in [0.25, 0.3) is 10.8 Å². The molecule has 1 amide bonds. The molecule has 0 bridgehead atoms. The maximum absolute atomic E-state index is 12.8. The zero-order valence-electron chi connectivity index (χ0n) is 16.7. The number of likely N-dealkylation sites (tertiary alicyclic amines) is 1. The number of carbonyl (C=O) groups excluding carboxylic acids is 1. The van der Waals surface area contributed by atoms with Crippen molar-refractivity contribution in [2.75, 3.05) is 19.6 Å². The predicted octanol–water partition coefficient (Wildman–Crippen LogP) is 3.54. The summed E-state index contributed by atoms with van der Waals surface area (Å²) in [5, 5.41) is 3.80. The Morgan fingerprint density at radius 3 is 2.81 bits per heavy atom. The van der Waals surface area contributed by atoms with Gasteiger partial charge in [-0.25, -0.2) is 15.0 Å². The van der Waals surface area contributed by atoms with E-state index in [0.29, 0.717) is 22.3 Å². The molecule has 0 saturated carbocycles. The van der Waals surface area contributed by atoms with Gasteiger partial charge in [0.15, 0.2) is 10.8 Å². The van der Waals surface area contributed by atoms with Crippen LogP contribution >= 0.6 is 11.3 Å². The van der Waals surface area contributed by atoms with Gasteiger partial charge in [-0.1, -0.05) is 13.3 Å². The number of aryl methyl sites for hydroxylation is 1. The monoisotopic (exact) mass is 387 g/mol. The van der Waals surface area contributed by atoms with Gasteiger partial charge in [-0.15, -0.1) is 11.3 Å². The van der Waals surface area contributed by atoms with Crippen molar-refractivity contribution in [1.29, 1.82) is 0 Å². The first-order valence-electron chi connectivity index (χ1n) is 9.68. The zero-order chi connectivity index (χ0) is 19.4. The highest BCUT2D eigenvalue weighted by atomic mass is 32.1. The van der Waals surface area contributed by atoms with Gasteiger partial charge in [-0.2, -0.15) is 0 Å². The zero-order valence-corrected chi connectivity index (χ0v) is 17.5. The van der Waals surface area contributed by atoms with Gasteiger partial charge in [0, 0.05) is 31.0 Å². The van der Waals surface area contributed by atoms with Crippen LogP contribution in [0.4, 0.5) is 0 Å². The van der Waals surface area contributed by atoms with E-state index in [9.17, 15) is 4.79 Å². The lowest BCUT2D eigenvalue weighted by molar-refractivity contribution is 0.0613. The average Bonchev–Trinajstić information content (AvgIpc) is 3.09. The molecule has 0 aliphatic carbocycles. The molecule has 0 spiro atoms. The molecular formula is C20H29N5OS. The van der Waals surface area contributed by atoms with E-state index in [-0.39, 0.29) is 11.4 Å². The number of aromatic nitrogens is 3. The molecule has 0 radical (unpaired) electrons. The fraction of sp³-hybridized carbons (Fsp3) is 0.600. The second-order valence-corrected chi connectivity index (χ2v) is 8.86. The lowest BCUT2D eigenvalue weighted by Gasteiger charge is -2.43. The van der Waals surface area contributed by atoms with E-state index in [0.717, 1.165) is 24.7 Å². The van der Waals surface area contributed by atoms with Gasteiger partial charge in [-0.05, 0) is 52.1 Å². The van der Waals surface area contributed by atoms with Crippen LogP contribution in [-0.2, 0) is 0 Å². The minimum atomic E-state index is -0.0655. The van der Waals surface area contributed by atoms with Crippen LogP contribution in [0.5, 0.6) is 0 Å². The smallest absolute Gasteiger partial charge is 0.263 e. The number of rotatable bonds is 6. The summed E-state index contributed by atoms with van der Waals surface area (Å²) < 4.78 is 0. The Hall–Kier alpha value is -1.86. The van der Waals surface area contributed by atoms with Crippen molar-refractivity contribution in [2.45, 2.75) is 52.5 Å². The van der Waals surface area contributed by atoms with Crippen molar-refractivity contribution >= 4 is 17.2 Å². The summed E-state index contributed by atoms with van der Waals surface area (Å²) in [5.41, 5.74) is 0.662. The summed E-state index contributed by atoms with van der Waals surface area (Å²) in [4.78, 5) is 28.8. The number of amides is 1. The molecule has 1 aliphatic heterocycles. The molecule has 2 aromatic heterocycles. The Morgan fingerprint density at radius 1 is 1.37 bits per heavy atom. The van der Waals surface area contributed by atoms with Crippen LogP contribution in [-0.4, -0.2) is 50.9 Å². The summed E-state index contributed by atoms with van der Waals surface area (Å²) >= 11 is 1.35. The molecule has 2 aromatic rings. The third-order valence-electron chi connectivity index (χ3n) is 5.39. The highest BCUT2D eigenvalue weighted by Gasteiger charge is 2.31. The maximum Gasteiger partial charge on any atom is 0.263 e. The second-order valence-electron chi connectivity index (χ2n) is 7.86. The van der Waals surface area contributed by atoms with E-state index in [4.69, 9.17) is 0 Å².